The van der Waals surface area contributed by atoms with Gasteiger partial charge in [-0.1, -0.05) is 12.8 Å². The molecule has 0 spiro atoms. The molecule has 2 amide bonds. The summed E-state index contributed by atoms with van der Waals surface area (Å²) in [6.45, 7) is 5.07. The highest BCUT2D eigenvalue weighted by Gasteiger charge is 2.19. The number of hydrogen-bond acceptors (Lipinski definition) is 6. The molecule has 2 N–H and O–H groups in total. The lowest BCUT2D eigenvalue weighted by atomic mass is 10.2. The fourth-order valence-corrected chi connectivity index (χ4v) is 3.66. The third kappa shape index (κ3) is 6.46. The lowest BCUT2D eigenvalue weighted by Crippen LogP contribution is -2.49. The van der Waals surface area contributed by atoms with E-state index in [9.17, 15) is 9.59 Å². The molecular formula is C19H30N6O2. The Morgan fingerprint density at radius 3 is 2.37 bits per heavy atom. The van der Waals surface area contributed by atoms with Crippen molar-refractivity contribution < 1.29 is 9.59 Å². The molecule has 2 aliphatic rings. The summed E-state index contributed by atoms with van der Waals surface area (Å²) in [5, 5.41) is 5.94. The van der Waals surface area contributed by atoms with Crippen molar-refractivity contribution in [1.29, 1.82) is 0 Å². The van der Waals surface area contributed by atoms with E-state index in [1.54, 1.807) is 12.4 Å². The Kier molecular flexibility index (Phi) is 7.38. The number of aromatic nitrogens is 2. The zero-order valence-electron chi connectivity index (χ0n) is 15.9. The number of rotatable bonds is 8. The zero-order chi connectivity index (χ0) is 18.9. The fraction of sp³-hybridized carbons (Fsp3) is 0.684. The number of carbonyl (C=O) groups is 2. The van der Waals surface area contributed by atoms with Crippen LogP contribution < -0.4 is 15.5 Å². The van der Waals surface area contributed by atoms with Crippen molar-refractivity contribution in [3.8, 4) is 0 Å². The van der Waals surface area contributed by atoms with E-state index in [0.717, 1.165) is 51.5 Å². The third-order valence-corrected chi connectivity index (χ3v) is 5.26. The minimum atomic E-state index is -0.0482. The van der Waals surface area contributed by atoms with Gasteiger partial charge in [0, 0.05) is 70.5 Å². The molecular weight excluding hydrogens is 344 g/mol. The average Bonchev–Trinajstić information content (AvgIpc) is 3.21. The summed E-state index contributed by atoms with van der Waals surface area (Å²) in [6.07, 6.45) is 8.59. The molecule has 0 radical (unpaired) electrons. The molecule has 1 saturated heterocycles. The van der Waals surface area contributed by atoms with Gasteiger partial charge in [-0.3, -0.25) is 14.5 Å². The first-order valence-electron chi connectivity index (χ1n) is 10.0. The van der Waals surface area contributed by atoms with E-state index in [1.807, 2.05) is 6.07 Å². The van der Waals surface area contributed by atoms with Crippen LogP contribution in [0.4, 0.5) is 5.95 Å². The molecule has 148 valence electrons. The highest BCUT2D eigenvalue weighted by molar-refractivity contribution is 5.83. The first kappa shape index (κ1) is 19.5. The quantitative estimate of drug-likeness (QED) is 0.691. The second-order valence-corrected chi connectivity index (χ2v) is 7.28. The van der Waals surface area contributed by atoms with Crippen molar-refractivity contribution in [2.45, 2.75) is 44.6 Å². The van der Waals surface area contributed by atoms with Gasteiger partial charge in [0.15, 0.2) is 0 Å². The van der Waals surface area contributed by atoms with E-state index in [2.05, 4.69) is 30.4 Å². The first-order chi connectivity index (χ1) is 13.2. The topological polar surface area (TPSA) is 90.5 Å². The maximum atomic E-state index is 11.9. The van der Waals surface area contributed by atoms with Gasteiger partial charge in [0.05, 0.1) is 0 Å². The van der Waals surface area contributed by atoms with E-state index in [1.165, 1.54) is 12.8 Å². The molecule has 8 heteroatoms. The predicted molar refractivity (Wildman–Crippen MR) is 103 cm³/mol. The van der Waals surface area contributed by atoms with Crippen molar-refractivity contribution in [2.24, 2.45) is 0 Å². The van der Waals surface area contributed by atoms with Crippen LogP contribution in [0.1, 0.15) is 38.5 Å². The van der Waals surface area contributed by atoms with Crippen molar-refractivity contribution in [3.63, 3.8) is 0 Å². The molecule has 1 aliphatic heterocycles. The molecule has 8 nitrogen and oxygen atoms in total. The number of carbonyl (C=O) groups excluding carboxylic acids is 2. The van der Waals surface area contributed by atoms with Gasteiger partial charge in [-0.05, 0) is 18.9 Å². The van der Waals surface area contributed by atoms with Gasteiger partial charge in [-0.2, -0.15) is 0 Å². The summed E-state index contributed by atoms with van der Waals surface area (Å²) < 4.78 is 0. The molecule has 1 saturated carbocycles. The molecule has 1 aromatic rings. The van der Waals surface area contributed by atoms with E-state index < -0.39 is 0 Å². The molecule has 2 fully saturated rings. The normalized spacial score (nSPS) is 18.4. The maximum absolute atomic E-state index is 11.9. The van der Waals surface area contributed by atoms with Crippen LogP contribution >= 0.6 is 0 Å². The van der Waals surface area contributed by atoms with Crippen LogP contribution in [0.15, 0.2) is 18.5 Å². The van der Waals surface area contributed by atoms with E-state index in [4.69, 9.17) is 0 Å². The summed E-state index contributed by atoms with van der Waals surface area (Å²) in [5.41, 5.74) is 0. The molecule has 1 aromatic heterocycles. The summed E-state index contributed by atoms with van der Waals surface area (Å²) >= 11 is 0. The van der Waals surface area contributed by atoms with Crippen molar-refractivity contribution in [2.75, 3.05) is 44.2 Å². The van der Waals surface area contributed by atoms with Gasteiger partial charge in [0.1, 0.15) is 0 Å². The van der Waals surface area contributed by atoms with Crippen LogP contribution in [0, 0.1) is 0 Å². The molecule has 27 heavy (non-hydrogen) atoms. The number of amides is 2. The molecule has 0 aromatic carbocycles. The van der Waals surface area contributed by atoms with Crippen LogP contribution in [0.5, 0.6) is 0 Å². The second kappa shape index (κ2) is 10.2. The molecule has 2 heterocycles. The Balaban J connectivity index is 1.24. The third-order valence-electron chi connectivity index (χ3n) is 5.26. The van der Waals surface area contributed by atoms with Gasteiger partial charge in [0.2, 0.25) is 17.8 Å². The van der Waals surface area contributed by atoms with Gasteiger partial charge in [-0.25, -0.2) is 9.97 Å². The van der Waals surface area contributed by atoms with Gasteiger partial charge < -0.3 is 15.5 Å². The van der Waals surface area contributed by atoms with Crippen LogP contribution in [0.2, 0.25) is 0 Å². The Morgan fingerprint density at radius 2 is 1.67 bits per heavy atom. The second-order valence-electron chi connectivity index (χ2n) is 7.28. The van der Waals surface area contributed by atoms with Crippen molar-refractivity contribution in [1.82, 2.24) is 25.5 Å². The smallest absolute Gasteiger partial charge is 0.225 e. The minimum Gasteiger partial charge on any atom is -0.355 e. The average molecular weight is 374 g/mol. The van der Waals surface area contributed by atoms with Gasteiger partial charge in [0.25, 0.3) is 0 Å². The molecule has 1 aliphatic carbocycles. The first-order valence-corrected chi connectivity index (χ1v) is 10.0. The predicted octanol–water partition coefficient (Wildman–Crippen LogP) is 0.554. The van der Waals surface area contributed by atoms with Crippen LogP contribution in [0.3, 0.4) is 0 Å². The van der Waals surface area contributed by atoms with E-state index in [0.29, 0.717) is 12.6 Å². The summed E-state index contributed by atoms with van der Waals surface area (Å²) in [5.74, 6) is 0.727. The molecule has 0 unspecified atom stereocenters. The Labute approximate surface area is 160 Å². The monoisotopic (exact) mass is 374 g/mol. The standard InChI is InChI=1S/C19H30N6O2/c26-17(6-7-18(27)23-16-4-1-2-5-16)20-10-11-24-12-14-25(15-13-24)19-21-8-3-9-22-19/h3,8-9,16H,1-2,4-7,10-15H2,(H,20,26)(H,23,27). The lowest BCUT2D eigenvalue weighted by molar-refractivity contribution is -0.126. The van der Waals surface area contributed by atoms with E-state index >= 15 is 0 Å². The largest absolute Gasteiger partial charge is 0.355 e. The number of nitrogens with one attached hydrogen (secondary N) is 2. The van der Waals surface area contributed by atoms with Crippen LogP contribution in [-0.4, -0.2) is 72.0 Å². The van der Waals surface area contributed by atoms with Crippen molar-refractivity contribution >= 4 is 17.8 Å². The summed E-state index contributed by atoms with van der Waals surface area (Å²) in [4.78, 5) is 36.9. The van der Waals surface area contributed by atoms with Gasteiger partial charge in [-0.15, -0.1) is 0 Å². The highest BCUT2D eigenvalue weighted by atomic mass is 16.2. The van der Waals surface area contributed by atoms with Crippen LogP contribution in [-0.2, 0) is 9.59 Å². The fourth-order valence-electron chi connectivity index (χ4n) is 3.66. The minimum absolute atomic E-state index is 0.00342. The summed E-state index contributed by atoms with van der Waals surface area (Å²) in [6, 6.07) is 2.14. The Hall–Kier alpha value is -2.22. The van der Waals surface area contributed by atoms with E-state index in [-0.39, 0.29) is 24.7 Å². The number of nitrogens with zero attached hydrogens (tertiary/aromatic N) is 4. The van der Waals surface area contributed by atoms with Crippen molar-refractivity contribution in [3.05, 3.63) is 18.5 Å². The number of hydrogen-bond donors (Lipinski definition) is 2. The van der Waals surface area contributed by atoms with Gasteiger partial charge >= 0.3 is 0 Å². The SMILES string of the molecule is O=C(CCC(=O)NC1CCCC1)NCCN1CCN(c2ncccn2)CC1. The number of anilines is 1. The molecule has 0 atom stereocenters. The molecule has 3 rings (SSSR count). The number of piperazine rings is 1. The van der Waals surface area contributed by atoms with Crippen LogP contribution in [0.25, 0.3) is 0 Å². The zero-order valence-corrected chi connectivity index (χ0v) is 15.9. The Morgan fingerprint density at radius 1 is 1.00 bits per heavy atom. The maximum Gasteiger partial charge on any atom is 0.225 e. The summed E-state index contributed by atoms with van der Waals surface area (Å²) in [7, 11) is 0. The Bertz CT molecular complexity index is 597. The lowest BCUT2D eigenvalue weighted by Gasteiger charge is -2.34. The molecule has 0 bridgehead atoms. The highest BCUT2D eigenvalue weighted by Crippen LogP contribution is 2.17.